The van der Waals surface area contributed by atoms with Crippen LogP contribution >= 0.6 is 0 Å². The van der Waals surface area contributed by atoms with Crippen molar-refractivity contribution in [2.24, 2.45) is 16.6 Å². The molecular formula is C27H39F2N7O5. The Kier molecular flexibility index (Phi) is 12.2. The summed E-state index contributed by atoms with van der Waals surface area (Å²) in [6, 6.07) is 1.36. The number of Topliss-reactive ketones (excluding diaryl/α,β-unsaturated/α-hetero) is 1. The van der Waals surface area contributed by atoms with Crippen LogP contribution in [0.4, 0.5) is 8.78 Å². The maximum atomic E-state index is 13.6. The van der Waals surface area contributed by atoms with E-state index in [2.05, 4.69) is 15.6 Å². The molecule has 0 aromatic carbocycles. The molecule has 0 aliphatic carbocycles. The summed E-state index contributed by atoms with van der Waals surface area (Å²) in [6.45, 7) is 3.16. The number of nitriles is 1. The third-order valence-corrected chi connectivity index (χ3v) is 6.47. The van der Waals surface area contributed by atoms with Crippen molar-refractivity contribution in [3.8, 4) is 6.07 Å². The summed E-state index contributed by atoms with van der Waals surface area (Å²) in [5.74, 6) is -4.40. The number of hydrogen-bond acceptors (Lipinski definition) is 7. The number of aliphatic imine (C=N–C) groups is 1. The van der Waals surface area contributed by atoms with Crippen LogP contribution in [0.1, 0.15) is 57.3 Å². The Morgan fingerprint density at radius 3 is 2.59 bits per heavy atom. The SMILES string of the molecule is CC(C)C(=O)[C@H](CCCN=C(N)N(C)C)NC(=O)CCC(=O)NCc1coc(CC(=O)N2CC(F)(F)C[C@H]2C#N)c1. The normalized spacial score (nSPS) is 17.2. The molecule has 4 N–H and O–H groups in total. The van der Waals surface area contributed by atoms with Crippen molar-refractivity contribution in [1.29, 1.82) is 5.26 Å². The van der Waals surface area contributed by atoms with E-state index >= 15 is 0 Å². The van der Waals surface area contributed by atoms with Gasteiger partial charge < -0.3 is 30.6 Å². The van der Waals surface area contributed by atoms with Crippen LogP contribution < -0.4 is 16.4 Å². The lowest BCUT2D eigenvalue weighted by Gasteiger charge is -2.19. The minimum atomic E-state index is -3.10. The average Bonchev–Trinajstić information content (AvgIpc) is 3.49. The van der Waals surface area contributed by atoms with Crippen molar-refractivity contribution >= 4 is 29.5 Å². The predicted molar refractivity (Wildman–Crippen MR) is 145 cm³/mol. The van der Waals surface area contributed by atoms with Gasteiger partial charge in [-0.25, -0.2) is 8.78 Å². The van der Waals surface area contributed by atoms with E-state index in [1.54, 1.807) is 38.9 Å². The number of nitrogens with two attached hydrogens (primary N) is 1. The Labute approximate surface area is 238 Å². The van der Waals surface area contributed by atoms with Crippen molar-refractivity contribution in [1.82, 2.24) is 20.4 Å². The number of ketones is 1. The molecule has 226 valence electrons. The zero-order valence-corrected chi connectivity index (χ0v) is 23.9. The molecule has 0 bridgehead atoms. The van der Waals surface area contributed by atoms with Crippen LogP contribution in [0.5, 0.6) is 0 Å². The van der Waals surface area contributed by atoms with Gasteiger partial charge in [0, 0.05) is 57.9 Å². The Hall–Kier alpha value is -4.02. The van der Waals surface area contributed by atoms with Gasteiger partial charge in [0.2, 0.25) is 17.7 Å². The monoisotopic (exact) mass is 579 g/mol. The molecule has 1 aromatic rings. The quantitative estimate of drug-likeness (QED) is 0.168. The highest BCUT2D eigenvalue weighted by Gasteiger charge is 2.47. The minimum absolute atomic E-state index is 0.0613. The molecule has 1 aromatic heterocycles. The molecule has 0 spiro atoms. The first-order valence-corrected chi connectivity index (χ1v) is 13.4. The number of likely N-dealkylation sites (tertiary alicyclic amines) is 1. The van der Waals surface area contributed by atoms with Gasteiger partial charge in [0.25, 0.3) is 5.92 Å². The second kappa shape index (κ2) is 15.1. The molecule has 2 atom stereocenters. The van der Waals surface area contributed by atoms with Gasteiger partial charge in [-0.2, -0.15) is 5.26 Å². The van der Waals surface area contributed by atoms with Crippen LogP contribution in [0.15, 0.2) is 21.7 Å². The topological polar surface area (TPSA) is 174 Å². The zero-order chi connectivity index (χ0) is 30.7. The maximum absolute atomic E-state index is 13.6. The second-order valence-electron chi connectivity index (χ2n) is 10.6. The molecule has 12 nitrogen and oxygen atoms in total. The third kappa shape index (κ3) is 10.8. The van der Waals surface area contributed by atoms with Crippen molar-refractivity contribution < 1.29 is 32.4 Å². The van der Waals surface area contributed by atoms with E-state index in [1.165, 1.54) is 12.3 Å². The summed E-state index contributed by atoms with van der Waals surface area (Å²) >= 11 is 0. The fourth-order valence-electron chi connectivity index (χ4n) is 4.16. The molecule has 0 radical (unpaired) electrons. The van der Waals surface area contributed by atoms with Crippen molar-refractivity contribution in [2.45, 2.75) is 76.9 Å². The summed E-state index contributed by atoms with van der Waals surface area (Å²) < 4.78 is 32.5. The highest BCUT2D eigenvalue weighted by Crippen LogP contribution is 2.32. The number of amides is 3. The molecule has 1 fully saturated rings. The molecule has 1 aliphatic heterocycles. The van der Waals surface area contributed by atoms with Crippen LogP contribution in [-0.4, -0.2) is 84.5 Å². The molecule has 3 amide bonds. The third-order valence-electron chi connectivity index (χ3n) is 6.47. The number of carbonyl (C=O) groups excluding carboxylic acids is 4. The zero-order valence-electron chi connectivity index (χ0n) is 23.9. The van der Waals surface area contributed by atoms with Gasteiger partial charge in [0.15, 0.2) is 11.7 Å². The molecule has 41 heavy (non-hydrogen) atoms. The molecule has 0 saturated carbocycles. The van der Waals surface area contributed by atoms with E-state index in [0.29, 0.717) is 30.9 Å². The molecule has 2 heterocycles. The van der Waals surface area contributed by atoms with Crippen LogP contribution in [0.2, 0.25) is 0 Å². The van der Waals surface area contributed by atoms with E-state index in [4.69, 9.17) is 15.4 Å². The highest BCUT2D eigenvalue weighted by atomic mass is 19.3. The number of guanidine groups is 1. The van der Waals surface area contributed by atoms with Crippen molar-refractivity contribution in [3.63, 3.8) is 0 Å². The number of alkyl halides is 2. The minimum Gasteiger partial charge on any atom is -0.468 e. The Bertz CT molecular complexity index is 1160. The van der Waals surface area contributed by atoms with E-state index in [1.807, 2.05) is 0 Å². The summed E-state index contributed by atoms with van der Waals surface area (Å²) in [6.07, 6.45) is 1.04. The average molecular weight is 580 g/mol. The van der Waals surface area contributed by atoms with Gasteiger partial charge >= 0.3 is 0 Å². The molecule has 1 aliphatic rings. The van der Waals surface area contributed by atoms with Crippen molar-refractivity contribution in [3.05, 3.63) is 23.7 Å². The number of halogens is 2. The standard InChI is InChI=1S/C27H39F2N7O5/c1-17(2)25(40)21(6-5-9-32-26(31)35(3)4)34-23(38)8-7-22(37)33-14-18-10-20(41-15-18)11-24(39)36-16-27(28,29)12-19(36)13-30/h10,15,17,19,21H,5-9,11-12,14,16H2,1-4H3,(H2,31,32)(H,33,37)(H,34,38)/t19-,21-/m0/s1. The fraction of sp³-hybridized carbons (Fsp3) is 0.630. The Morgan fingerprint density at radius 2 is 1.95 bits per heavy atom. The van der Waals surface area contributed by atoms with Crippen LogP contribution in [0.25, 0.3) is 0 Å². The lowest BCUT2D eigenvalue weighted by molar-refractivity contribution is -0.132. The molecule has 1 saturated heterocycles. The van der Waals surface area contributed by atoms with Gasteiger partial charge in [-0.3, -0.25) is 24.2 Å². The number of nitrogens with zero attached hydrogens (tertiary/aromatic N) is 4. The largest absolute Gasteiger partial charge is 0.468 e. The van der Waals surface area contributed by atoms with Gasteiger partial charge in [-0.1, -0.05) is 13.8 Å². The Balaban J connectivity index is 1.78. The van der Waals surface area contributed by atoms with E-state index in [-0.39, 0.29) is 43.3 Å². The number of carbonyl (C=O) groups is 4. The Morgan fingerprint density at radius 1 is 1.27 bits per heavy atom. The van der Waals surface area contributed by atoms with E-state index < -0.39 is 48.7 Å². The molecule has 0 unspecified atom stereocenters. The summed E-state index contributed by atoms with van der Waals surface area (Å²) in [5, 5.41) is 14.4. The summed E-state index contributed by atoms with van der Waals surface area (Å²) in [4.78, 5) is 56.5. The number of hydrogen-bond donors (Lipinski definition) is 3. The second-order valence-corrected chi connectivity index (χ2v) is 10.6. The lowest BCUT2D eigenvalue weighted by atomic mass is 9.97. The maximum Gasteiger partial charge on any atom is 0.268 e. The number of nitrogens with one attached hydrogen (secondary N) is 2. The molecule has 2 rings (SSSR count). The van der Waals surface area contributed by atoms with Crippen LogP contribution in [0, 0.1) is 17.2 Å². The van der Waals surface area contributed by atoms with Gasteiger partial charge in [0.05, 0.1) is 31.3 Å². The summed E-state index contributed by atoms with van der Waals surface area (Å²) in [7, 11) is 3.54. The first-order valence-electron chi connectivity index (χ1n) is 13.4. The van der Waals surface area contributed by atoms with Crippen molar-refractivity contribution in [2.75, 3.05) is 27.2 Å². The van der Waals surface area contributed by atoms with Crippen LogP contribution in [-0.2, 0) is 32.1 Å². The lowest BCUT2D eigenvalue weighted by Crippen LogP contribution is -2.43. The predicted octanol–water partition coefficient (Wildman–Crippen LogP) is 1.34. The first-order chi connectivity index (χ1) is 19.2. The molecule has 14 heteroatoms. The highest BCUT2D eigenvalue weighted by molar-refractivity contribution is 5.91. The van der Waals surface area contributed by atoms with Gasteiger partial charge in [0.1, 0.15) is 11.8 Å². The molecular weight excluding hydrogens is 540 g/mol. The smallest absolute Gasteiger partial charge is 0.268 e. The van der Waals surface area contributed by atoms with Gasteiger partial charge in [-0.15, -0.1) is 0 Å². The van der Waals surface area contributed by atoms with E-state index in [0.717, 1.165) is 4.90 Å². The number of rotatable bonds is 14. The number of furan rings is 1. The van der Waals surface area contributed by atoms with Crippen LogP contribution in [0.3, 0.4) is 0 Å². The van der Waals surface area contributed by atoms with E-state index in [9.17, 15) is 28.0 Å². The first kappa shape index (κ1) is 33.2. The summed E-state index contributed by atoms with van der Waals surface area (Å²) in [5.41, 5.74) is 6.30. The van der Waals surface area contributed by atoms with Gasteiger partial charge in [-0.05, 0) is 18.9 Å². The fourth-order valence-corrected chi connectivity index (χ4v) is 4.16.